The normalized spacial score (nSPS) is 15.6. The predicted octanol–water partition coefficient (Wildman–Crippen LogP) is 2.89. The topological polar surface area (TPSA) is 105 Å². The molecule has 1 saturated heterocycles. The van der Waals surface area contributed by atoms with E-state index in [1.165, 1.54) is 0 Å². The van der Waals surface area contributed by atoms with Crippen LogP contribution in [0.5, 0.6) is 0 Å². The number of hydrogen-bond donors (Lipinski definition) is 2. The number of hydrazine groups is 1. The van der Waals surface area contributed by atoms with Crippen molar-refractivity contribution in [3.8, 4) is 0 Å². The Bertz CT molecular complexity index is 963. The maximum absolute atomic E-state index is 12.3. The average molecular weight is 539 g/mol. The Morgan fingerprint density at radius 1 is 1.00 bits per heavy atom. The molecule has 0 radical (unpaired) electrons. The van der Waals surface area contributed by atoms with E-state index < -0.39 is 36.2 Å². The van der Waals surface area contributed by atoms with E-state index in [0.29, 0.717) is 11.3 Å². The van der Waals surface area contributed by atoms with Crippen molar-refractivity contribution in [1.29, 1.82) is 0 Å². The molecule has 2 aromatic carbocycles. The van der Waals surface area contributed by atoms with E-state index in [0.717, 1.165) is 14.0 Å². The highest BCUT2D eigenvalue weighted by atomic mass is 79.9. The molecule has 0 aliphatic carbocycles. The molecule has 3 rings (SSSR count). The third-order valence-electron chi connectivity index (χ3n) is 4.27. The highest BCUT2D eigenvalue weighted by Crippen LogP contribution is 2.19. The van der Waals surface area contributed by atoms with Gasteiger partial charge in [-0.25, -0.2) is 0 Å². The minimum atomic E-state index is -0.761. The monoisotopic (exact) mass is 537 g/mol. The van der Waals surface area contributed by atoms with Crippen molar-refractivity contribution in [3.63, 3.8) is 0 Å². The zero-order valence-electron chi connectivity index (χ0n) is 15.6. The maximum Gasteiger partial charge on any atom is 0.311 e. The fourth-order valence-corrected chi connectivity index (χ4v) is 3.28. The number of nitrogens with one attached hydrogen (secondary N) is 2. The summed E-state index contributed by atoms with van der Waals surface area (Å²) in [7, 11) is 0. The summed E-state index contributed by atoms with van der Waals surface area (Å²) in [6.07, 6.45) is -0.103. The van der Waals surface area contributed by atoms with E-state index in [2.05, 4.69) is 42.6 Å². The first kappa shape index (κ1) is 22.0. The minimum Gasteiger partial charge on any atom is -0.455 e. The SMILES string of the molecule is O=C(COC(=O)[C@@H]1CC(=O)N(NC(=O)c2ccc(Br)cc2)C1)Nc1ccc(Br)cc1. The van der Waals surface area contributed by atoms with E-state index in [1.54, 1.807) is 48.5 Å². The zero-order chi connectivity index (χ0) is 21.7. The van der Waals surface area contributed by atoms with Crippen LogP contribution in [0.1, 0.15) is 16.8 Å². The van der Waals surface area contributed by atoms with Gasteiger partial charge < -0.3 is 10.1 Å². The van der Waals surface area contributed by atoms with Crippen LogP contribution in [0.4, 0.5) is 5.69 Å². The van der Waals surface area contributed by atoms with Crippen molar-refractivity contribution >= 4 is 61.2 Å². The number of benzene rings is 2. The van der Waals surface area contributed by atoms with Gasteiger partial charge in [-0.05, 0) is 48.5 Å². The first-order valence-electron chi connectivity index (χ1n) is 8.91. The molecule has 2 aromatic rings. The molecule has 0 bridgehead atoms. The van der Waals surface area contributed by atoms with Gasteiger partial charge >= 0.3 is 5.97 Å². The lowest BCUT2D eigenvalue weighted by atomic mass is 10.1. The number of anilines is 1. The summed E-state index contributed by atoms with van der Waals surface area (Å²) in [4.78, 5) is 48.5. The van der Waals surface area contributed by atoms with E-state index in [1.807, 2.05) is 0 Å². The van der Waals surface area contributed by atoms with Crippen molar-refractivity contribution in [2.75, 3.05) is 18.5 Å². The quantitative estimate of drug-likeness (QED) is 0.550. The van der Waals surface area contributed by atoms with Crippen LogP contribution in [0, 0.1) is 5.92 Å². The summed E-state index contributed by atoms with van der Waals surface area (Å²) < 4.78 is 6.72. The van der Waals surface area contributed by atoms with Crippen LogP contribution >= 0.6 is 31.9 Å². The first-order chi connectivity index (χ1) is 14.3. The molecule has 1 aliphatic rings. The van der Waals surface area contributed by atoms with Gasteiger partial charge in [-0.3, -0.25) is 29.6 Å². The van der Waals surface area contributed by atoms with Gasteiger partial charge in [0.25, 0.3) is 11.8 Å². The third-order valence-corrected chi connectivity index (χ3v) is 5.33. The summed E-state index contributed by atoms with van der Waals surface area (Å²) in [6.45, 7) is -0.487. The Morgan fingerprint density at radius 3 is 2.23 bits per heavy atom. The van der Waals surface area contributed by atoms with Crippen molar-refractivity contribution in [1.82, 2.24) is 10.4 Å². The second-order valence-corrected chi connectivity index (χ2v) is 8.35. The van der Waals surface area contributed by atoms with Crippen molar-refractivity contribution in [3.05, 3.63) is 63.0 Å². The average Bonchev–Trinajstić information content (AvgIpc) is 3.09. The van der Waals surface area contributed by atoms with Gasteiger partial charge in [0.05, 0.1) is 12.5 Å². The second-order valence-electron chi connectivity index (χ2n) is 6.52. The zero-order valence-corrected chi connectivity index (χ0v) is 18.7. The van der Waals surface area contributed by atoms with Gasteiger partial charge in [0.15, 0.2) is 6.61 Å². The molecule has 156 valence electrons. The summed E-state index contributed by atoms with van der Waals surface area (Å²) in [5.74, 6) is -2.78. The predicted molar refractivity (Wildman–Crippen MR) is 115 cm³/mol. The minimum absolute atomic E-state index is 0.0196. The van der Waals surface area contributed by atoms with Gasteiger partial charge in [-0.2, -0.15) is 0 Å². The molecule has 0 unspecified atom stereocenters. The van der Waals surface area contributed by atoms with Crippen LogP contribution in [0.25, 0.3) is 0 Å². The van der Waals surface area contributed by atoms with Crippen LogP contribution in [0.3, 0.4) is 0 Å². The van der Waals surface area contributed by atoms with Crippen molar-refractivity contribution < 1.29 is 23.9 Å². The molecule has 1 fully saturated rings. The Labute approximate surface area is 189 Å². The maximum atomic E-state index is 12.3. The molecule has 0 spiro atoms. The molecule has 1 heterocycles. The number of nitrogens with zero attached hydrogens (tertiary/aromatic N) is 1. The lowest BCUT2D eigenvalue weighted by Gasteiger charge is -2.17. The lowest BCUT2D eigenvalue weighted by Crippen LogP contribution is -2.43. The van der Waals surface area contributed by atoms with Gasteiger partial charge in [0.1, 0.15) is 0 Å². The van der Waals surface area contributed by atoms with Crippen molar-refractivity contribution in [2.45, 2.75) is 6.42 Å². The molecule has 1 aliphatic heterocycles. The molecular formula is C20H17Br2N3O5. The van der Waals surface area contributed by atoms with Crippen LogP contribution in [-0.4, -0.2) is 41.9 Å². The second kappa shape index (κ2) is 9.86. The summed E-state index contributed by atoms with van der Waals surface area (Å²) >= 11 is 6.58. The van der Waals surface area contributed by atoms with Crippen molar-refractivity contribution in [2.24, 2.45) is 5.92 Å². The van der Waals surface area contributed by atoms with Gasteiger partial charge in [0, 0.05) is 26.6 Å². The highest BCUT2D eigenvalue weighted by Gasteiger charge is 2.36. The van der Waals surface area contributed by atoms with Gasteiger partial charge in [-0.1, -0.05) is 31.9 Å². The first-order valence-corrected chi connectivity index (χ1v) is 10.5. The van der Waals surface area contributed by atoms with E-state index in [9.17, 15) is 19.2 Å². The number of hydrogen-bond acceptors (Lipinski definition) is 5. The molecule has 8 nitrogen and oxygen atoms in total. The van der Waals surface area contributed by atoms with Crippen LogP contribution in [0.2, 0.25) is 0 Å². The molecule has 1 atom stereocenters. The van der Waals surface area contributed by atoms with Gasteiger partial charge in [-0.15, -0.1) is 0 Å². The van der Waals surface area contributed by atoms with Crippen LogP contribution < -0.4 is 10.7 Å². The Hall–Kier alpha value is -2.72. The summed E-state index contributed by atoms with van der Waals surface area (Å²) in [5, 5.41) is 3.70. The summed E-state index contributed by atoms with van der Waals surface area (Å²) in [5.41, 5.74) is 3.43. The molecule has 30 heavy (non-hydrogen) atoms. The highest BCUT2D eigenvalue weighted by molar-refractivity contribution is 9.10. The number of carbonyl (C=O) groups is 4. The number of esters is 1. The van der Waals surface area contributed by atoms with E-state index in [4.69, 9.17) is 4.74 Å². The molecule has 2 N–H and O–H groups in total. The number of halogens is 2. The fraction of sp³-hybridized carbons (Fsp3) is 0.200. The molecular weight excluding hydrogens is 522 g/mol. The number of rotatable bonds is 6. The van der Waals surface area contributed by atoms with E-state index >= 15 is 0 Å². The van der Waals surface area contributed by atoms with E-state index in [-0.39, 0.29) is 13.0 Å². The standard InChI is InChI=1S/C20H17Br2N3O5/c21-14-3-1-12(2-4-14)19(28)24-25-10-13(9-18(25)27)20(29)30-11-17(26)23-16-7-5-15(22)6-8-16/h1-8,13H,9-11H2,(H,23,26)(H,24,28)/t13-/m1/s1. The smallest absolute Gasteiger partial charge is 0.311 e. The Morgan fingerprint density at radius 2 is 1.60 bits per heavy atom. The van der Waals surface area contributed by atoms with Crippen LogP contribution in [-0.2, 0) is 19.1 Å². The number of carbonyl (C=O) groups excluding carboxylic acids is 4. The van der Waals surface area contributed by atoms with Gasteiger partial charge in [0.2, 0.25) is 5.91 Å². The lowest BCUT2D eigenvalue weighted by molar-refractivity contribution is -0.151. The largest absolute Gasteiger partial charge is 0.455 e. The molecule has 10 heteroatoms. The Balaban J connectivity index is 1.47. The number of amides is 3. The number of ether oxygens (including phenoxy) is 1. The molecule has 3 amide bonds. The van der Waals surface area contributed by atoms with Crippen LogP contribution in [0.15, 0.2) is 57.5 Å². The third kappa shape index (κ3) is 5.90. The Kier molecular flexibility index (Phi) is 7.22. The fourth-order valence-electron chi connectivity index (χ4n) is 2.75. The molecule has 0 saturated carbocycles. The summed E-state index contributed by atoms with van der Waals surface area (Å²) in [6, 6.07) is 13.6. The molecule has 0 aromatic heterocycles.